The van der Waals surface area contributed by atoms with E-state index in [4.69, 9.17) is 0 Å². The second-order valence-corrected chi connectivity index (χ2v) is 11.1. The highest BCUT2D eigenvalue weighted by Crippen LogP contribution is 2.33. The Balaban J connectivity index is 2.27. The van der Waals surface area contributed by atoms with Crippen LogP contribution in [0.15, 0.2) is 14.7 Å². The van der Waals surface area contributed by atoms with E-state index in [1.165, 1.54) is 15.6 Å². The first kappa shape index (κ1) is 16.4. The van der Waals surface area contributed by atoms with Crippen molar-refractivity contribution in [1.29, 1.82) is 0 Å². The van der Waals surface area contributed by atoms with Crippen LogP contribution in [0.4, 0.5) is 0 Å². The van der Waals surface area contributed by atoms with E-state index in [1.54, 1.807) is 13.1 Å². The van der Waals surface area contributed by atoms with E-state index in [2.05, 4.69) is 21.2 Å². The van der Waals surface area contributed by atoms with Crippen molar-refractivity contribution in [2.45, 2.75) is 11.4 Å². The van der Waals surface area contributed by atoms with Gasteiger partial charge in [-0.1, -0.05) is 0 Å². The molecule has 0 amide bonds. The number of nitrogens with one attached hydrogen (secondary N) is 1. The maximum atomic E-state index is 12.5. The van der Waals surface area contributed by atoms with Crippen LogP contribution in [0.2, 0.25) is 0 Å². The normalized spacial score (nSPS) is 20.1. The van der Waals surface area contributed by atoms with Crippen molar-refractivity contribution in [3.8, 4) is 0 Å². The average molecular weight is 403 g/mol. The molecule has 1 aromatic rings. The van der Waals surface area contributed by atoms with Crippen molar-refractivity contribution in [3.05, 3.63) is 14.7 Å². The molecule has 0 radical (unpaired) electrons. The molecule has 6 nitrogen and oxygen atoms in total. The van der Waals surface area contributed by atoms with Crippen molar-refractivity contribution in [2.24, 2.45) is 0 Å². The van der Waals surface area contributed by atoms with Crippen molar-refractivity contribution >= 4 is 47.1 Å². The molecular weight excluding hydrogens is 388 g/mol. The lowest BCUT2D eigenvalue weighted by Gasteiger charge is -2.25. The number of nitrogens with zero attached hydrogens (tertiary/aromatic N) is 1. The van der Waals surface area contributed by atoms with E-state index >= 15 is 0 Å². The maximum absolute atomic E-state index is 12.5. The summed E-state index contributed by atoms with van der Waals surface area (Å²) in [5, 5.41) is 2.97. The van der Waals surface area contributed by atoms with Crippen molar-refractivity contribution < 1.29 is 16.8 Å². The molecule has 0 aromatic carbocycles. The predicted molar refractivity (Wildman–Crippen MR) is 82.2 cm³/mol. The molecule has 20 heavy (non-hydrogen) atoms. The van der Waals surface area contributed by atoms with Gasteiger partial charge in [0.1, 0.15) is 4.90 Å². The summed E-state index contributed by atoms with van der Waals surface area (Å²) in [6.45, 7) is 0.635. The molecule has 10 heteroatoms. The maximum Gasteiger partial charge on any atom is 0.245 e. The molecule has 0 bridgehead atoms. The minimum atomic E-state index is -3.64. The summed E-state index contributed by atoms with van der Waals surface area (Å²) in [6.07, 6.45) is 0. The topological polar surface area (TPSA) is 83.6 Å². The van der Waals surface area contributed by atoms with Gasteiger partial charge in [-0.3, -0.25) is 0 Å². The lowest BCUT2D eigenvalue weighted by molar-refractivity contribution is 0.430. The highest BCUT2D eigenvalue weighted by molar-refractivity contribution is 9.11. The van der Waals surface area contributed by atoms with Crippen LogP contribution in [0.1, 0.15) is 4.88 Å². The van der Waals surface area contributed by atoms with E-state index in [0.717, 1.165) is 4.88 Å². The summed E-state index contributed by atoms with van der Waals surface area (Å²) in [6, 6.07) is 1.63. The SMILES string of the molecule is CNCc1cc(S(=O)(=O)N2CCS(=O)(=O)CC2)c(Br)s1. The van der Waals surface area contributed by atoms with Gasteiger partial charge in [0.25, 0.3) is 0 Å². The fraction of sp³-hybridized carbons (Fsp3) is 0.600. The van der Waals surface area contributed by atoms with Crippen LogP contribution in [0, 0.1) is 0 Å². The standard InChI is InChI=1S/C10H15BrN2O4S3/c1-12-7-8-6-9(10(11)18-8)20(16,17)13-2-4-19(14,15)5-3-13/h6,12H,2-5,7H2,1H3. The van der Waals surface area contributed by atoms with Crippen LogP contribution < -0.4 is 5.32 Å². The lowest BCUT2D eigenvalue weighted by atomic mass is 10.5. The zero-order chi connectivity index (χ0) is 15.0. The number of hydrogen-bond acceptors (Lipinski definition) is 6. The van der Waals surface area contributed by atoms with Crippen LogP contribution in [0.5, 0.6) is 0 Å². The number of sulfone groups is 1. The van der Waals surface area contributed by atoms with Crippen LogP contribution >= 0.6 is 27.3 Å². The molecule has 0 aliphatic carbocycles. The third-order valence-electron chi connectivity index (χ3n) is 2.98. The smallest absolute Gasteiger partial charge is 0.245 e. The summed E-state index contributed by atoms with van der Waals surface area (Å²) >= 11 is 4.64. The molecule has 1 aliphatic heterocycles. The molecule has 0 saturated carbocycles. The van der Waals surface area contributed by atoms with Crippen molar-refractivity contribution in [2.75, 3.05) is 31.6 Å². The number of halogens is 1. The Labute approximate surface area is 131 Å². The van der Waals surface area contributed by atoms with Gasteiger partial charge in [0.15, 0.2) is 9.84 Å². The van der Waals surface area contributed by atoms with Crippen LogP contribution in [0.25, 0.3) is 0 Å². The summed E-state index contributed by atoms with van der Waals surface area (Å²) in [4.78, 5) is 1.12. The number of hydrogen-bond donors (Lipinski definition) is 1. The number of rotatable bonds is 4. The third kappa shape index (κ3) is 3.42. The highest BCUT2D eigenvalue weighted by atomic mass is 79.9. The third-order valence-corrected chi connectivity index (χ3v) is 8.74. The summed E-state index contributed by atoms with van der Waals surface area (Å²) in [5.41, 5.74) is 0. The molecule has 114 valence electrons. The minimum Gasteiger partial charge on any atom is -0.315 e. The molecule has 0 unspecified atom stereocenters. The second-order valence-electron chi connectivity index (χ2n) is 4.44. The van der Waals surface area contributed by atoms with Gasteiger partial charge in [-0.05, 0) is 29.0 Å². The Hall–Kier alpha value is -0.000000000000000194. The molecule has 1 aliphatic rings. The zero-order valence-corrected chi connectivity index (χ0v) is 14.8. The monoisotopic (exact) mass is 402 g/mol. The summed E-state index contributed by atoms with van der Waals surface area (Å²) < 4.78 is 49.6. The Bertz CT molecular complexity index is 682. The number of thiophene rings is 1. The van der Waals surface area contributed by atoms with Gasteiger partial charge in [0.05, 0.1) is 15.3 Å². The van der Waals surface area contributed by atoms with Crippen LogP contribution in [-0.2, 0) is 26.4 Å². The predicted octanol–water partition coefficient (Wildman–Crippen LogP) is 0.649. The van der Waals surface area contributed by atoms with Crippen molar-refractivity contribution in [3.63, 3.8) is 0 Å². The molecular formula is C10H15BrN2O4S3. The summed E-state index contributed by atoms with van der Waals surface area (Å²) in [7, 11) is -4.94. The van der Waals surface area contributed by atoms with Gasteiger partial charge in [0, 0.05) is 24.5 Å². The quantitative estimate of drug-likeness (QED) is 0.798. The van der Waals surface area contributed by atoms with Gasteiger partial charge >= 0.3 is 0 Å². The Morgan fingerprint density at radius 3 is 2.55 bits per heavy atom. The fourth-order valence-corrected chi connectivity index (χ4v) is 7.43. The van der Waals surface area contributed by atoms with Gasteiger partial charge in [-0.2, -0.15) is 4.31 Å². The lowest BCUT2D eigenvalue weighted by Crippen LogP contribution is -2.43. The largest absolute Gasteiger partial charge is 0.315 e. The first-order valence-corrected chi connectivity index (χ1v) is 10.8. The highest BCUT2D eigenvalue weighted by Gasteiger charge is 2.33. The Morgan fingerprint density at radius 2 is 2.00 bits per heavy atom. The second kappa shape index (κ2) is 6.01. The Morgan fingerprint density at radius 1 is 1.40 bits per heavy atom. The summed E-state index contributed by atoms with van der Waals surface area (Å²) in [5.74, 6) is -0.227. The van der Waals surface area contributed by atoms with Gasteiger partial charge < -0.3 is 5.32 Å². The Kier molecular flexibility index (Phi) is 4.92. The average Bonchev–Trinajstić information content (AvgIpc) is 2.71. The van der Waals surface area contributed by atoms with Gasteiger partial charge in [-0.15, -0.1) is 11.3 Å². The first-order valence-electron chi connectivity index (χ1n) is 5.89. The molecule has 0 atom stereocenters. The number of sulfonamides is 1. The van der Waals surface area contributed by atoms with E-state index in [1.807, 2.05) is 0 Å². The molecule has 2 rings (SSSR count). The van der Waals surface area contributed by atoms with E-state index in [9.17, 15) is 16.8 Å². The molecule has 1 fully saturated rings. The van der Waals surface area contributed by atoms with E-state index < -0.39 is 19.9 Å². The van der Waals surface area contributed by atoms with E-state index in [-0.39, 0.29) is 29.5 Å². The molecule has 2 heterocycles. The first-order chi connectivity index (χ1) is 9.26. The molecule has 1 N–H and O–H groups in total. The minimum absolute atomic E-state index is 0.0221. The molecule has 1 saturated heterocycles. The zero-order valence-electron chi connectivity index (χ0n) is 10.8. The van der Waals surface area contributed by atoms with Gasteiger partial charge in [0.2, 0.25) is 10.0 Å². The fourth-order valence-electron chi connectivity index (χ4n) is 1.91. The molecule has 1 aromatic heterocycles. The van der Waals surface area contributed by atoms with Crippen LogP contribution in [-0.4, -0.2) is 52.8 Å². The van der Waals surface area contributed by atoms with E-state index in [0.29, 0.717) is 10.3 Å². The van der Waals surface area contributed by atoms with Crippen molar-refractivity contribution in [1.82, 2.24) is 9.62 Å². The van der Waals surface area contributed by atoms with Gasteiger partial charge in [-0.25, -0.2) is 16.8 Å². The van der Waals surface area contributed by atoms with Crippen LogP contribution in [0.3, 0.4) is 0 Å². The molecule has 0 spiro atoms.